The van der Waals surface area contributed by atoms with E-state index in [9.17, 15) is 0 Å². The molecule has 0 amide bonds. The first-order valence-electron chi connectivity index (χ1n) is 4.23. The van der Waals surface area contributed by atoms with Crippen molar-refractivity contribution in [1.29, 1.82) is 0 Å². The molecule has 1 unspecified atom stereocenters. The third kappa shape index (κ3) is 2.19. The van der Waals surface area contributed by atoms with Crippen molar-refractivity contribution in [2.75, 3.05) is 7.05 Å². The molecule has 0 saturated carbocycles. The second-order valence-electron chi connectivity index (χ2n) is 3.11. The fourth-order valence-corrected chi connectivity index (χ4v) is 1.26. The van der Waals surface area contributed by atoms with Gasteiger partial charge in [0, 0.05) is 19.2 Å². The molecule has 0 N–H and O–H groups in total. The fraction of sp³-hybridized carbons (Fsp3) is 0.364. The summed E-state index contributed by atoms with van der Waals surface area (Å²) in [6.07, 6.45) is 1.97. The Morgan fingerprint density at radius 2 is 2.17 bits per heavy atom. The first-order valence-corrected chi connectivity index (χ1v) is 4.23. The zero-order valence-corrected chi connectivity index (χ0v) is 7.91. The van der Waals surface area contributed by atoms with Crippen LogP contribution in [0.1, 0.15) is 24.0 Å². The van der Waals surface area contributed by atoms with E-state index >= 15 is 0 Å². The molecule has 0 heterocycles. The number of hydrogen-bond acceptors (Lipinski definition) is 1. The van der Waals surface area contributed by atoms with Crippen LogP contribution in [0.3, 0.4) is 0 Å². The van der Waals surface area contributed by atoms with E-state index < -0.39 is 0 Å². The van der Waals surface area contributed by atoms with Gasteiger partial charge in [-0.3, -0.25) is 0 Å². The van der Waals surface area contributed by atoms with Crippen LogP contribution in [0.25, 0.3) is 0 Å². The second-order valence-corrected chi connectivity index (χ2v) is 3.11. The van der Waals surface area contributed by atoms with Crippen LogP contribution >= 0.6 is 0 Å². The molecular weight excluding hydrogens is 146 g/mol. The van der Waals surface area contributed by atoms with Gasteiger partial charge in [-0.25, -0.2) is 0 Å². The highest BCUT2D eigenvalue weighted by Crippen LogP contribution is 2.13. The summed E-state index contributed by atoms with van der Waals surface area (Å²) in [5.74, 6) is 0.426. The molecule has 0 aliphatic rings. The molecule has 0 radical (unpaired) electrons. The maximum Gasteiger partial charge on any atom is 0.0273 e. The minimum absolute atomic E-state index is 0.426. The Balaban J connectivity index is 2.87. The molecule has 1 aromatic carbocycles. The maximum atomic E-state index is 4.02. The monoisotopic (exact) mass is 161 g/mol. The van der Waals surface area contributed by atoms with Gasteiger partial charge in [-0.15, -0.1) is 0 Å². The van der Waals surface area contributed by atoms with Crippen molar-refractivity contribution in [3.63, 3.8) is 0 Å². The number of hydrogen-bond donors (Lipinski definition) is 0. The van der Waals surface area contributed by atoms with Gasteiger partial charge in [0.1, 0.15) is 0 Å². The van der Waals surface area contributed by atoms with Crippen molar-refractivity contribution >= 4 is 6.21 Å². The largest absolute Gasteiger partial charge is 0.300 e. The molecule has 0 spiro atoms. The summed E-state index contributed by atoms with van der Waals surface area (Å²) in [6.45, 7) is 4.26. The van der Waals surface area contributed by atoms with Crippen LogP contribution in [0, 0.1) is 6.92 Å². The van der Waals surface area contributed by atoms with Gasteiger partial charge in [-0.1, -0.05) is 36.8 Å². The number of aryl methyl sites for hydroxylation is 1. The molecule has 0 fully saturated rings. The lowest BCUT2D eigenvalue weighted by Gasteiger charge is -2.05. The Bertz CT molecular complexity index is 276. The van der Waals surface area contributed by atoms with Gasteiger partial charge in [-0.2, -0.15) is 0 Å². The zero-order valence-electron chi connectivity index (χ0n) is 7.91. The van der Waals surface area contributed by atoms with Crippen molar-refractivity contribution in [2.45, 2.75) is 19.8 Å². The molecule has 0 aliphatic carbocycles. The molecule has 0 saturated heterocycles. The Hall–Kier alpha value is -1.11. The summed E-state index contributed by atoms with van der Waals surface area (Å²) in [5.41, 5.74) is 2.64. The molecule has 0 aromatic heterocycles. The predicted octanol–water partition coefficient (Wildman–Crippen LogP) is 2.80. The first kappa shape index (κ1) is 8.98. The van der Waals surface area contributed by atoms with E-state index in [1.54, 1.807) is 0 Å². The smallest absolute Gasteiger partial charge is 0.0273 e. The number of benzene rings is 1. The summed E-state index contributed by atoms with van der Waals surface area (Å²) < 4.78 is 0. The van der Waals surface area contributed by atoms with Crippen molar-refractivity contribution in [3.8, 4) is 0 Å². The van der Waals surface area contributed by atoms with Gasteiger partial charge in [0.2, 0.25) is 0 Å². The molecule has 12 heavy (non-hydrogen) atoms. The summed E-state index contributed by atoms with van der Waals surface area (Å²) in [5, 5.41) is 0. The van der Waals surface area contributed by atoms with E-state index in [2.05, 4.69) is 43.1 Å². The average Bonchev–Trinajstić information content (AvgIpc) is 2.05. The van der Waals surface area contributed by atoms with E-state index in [-0.39, 0.29) is 0 Å². The van der Waals surface area contributed by atoms with Crippen LogP contribution in [0.15, 0.2) is 29.3 Å². The lowest BCUT2D eigenvalue weighted by atomic mass is 10.0. The average molecular weight is 161 g/mol. The van der Waals surface area contributed by atoms with Crippen molar-refractivity contribution in [2.24, 2.45) is 4.99 Å². The molecule has 1 atom stereocenters. The van der Waals surface area contributed by atoms with E-state index in [4.69, 9.17) is 0 Å². The minimum Gasteiger partial charge on any atom is -0.300 e. The standard InChI is InChI=1S/C11H15N/c1-9-5-4-6-11(7-9)10(2)8-12-3/h4-8,10H,1-3H3. The van der Waals surface area contributed by atoms with Crippen molar-refractivity contribution < 1.29 is 0 Å². The maximum absolute atomic E-state index is 4.02. The molecular formula is C11H15N. The Morgan fingerprint density at radius 3 is 2.75 bits per heavy atom. The molecule has 1 heteroatoms. The van der Waals surface area contributed by atoms with E-state index in [0.29, 0.717) is 5.92 Å². The van der Waals surface area contributed by atoms with Crippen LogP contribution in [0.2, 0.25) is 0 Å². The number of rotatable bonds is 2. The van der Waals surface area contributed by atoms with E-state index in [1.165, 1.54) is 11.1 Å². The summed E-state index contributed by atoms with van der Waals surface area (Å²) in [6, 6.07) is 8.54. The van der Waals surface area contributed by atoms with Gasteiger partial charge < -0.3 is 4.99 Å². The Labute approximate surface area is 74.2 Å². The van der Waals surface area contributed by atoms with E-state index in [0.717, 1.165) is 0 Å². The first-order chi connectivity index (χ1) is 5.74. The van der Waals surface area contributed by atoms with Gasteiger partial charge in [0.05, 0.1) is 0 Å². The third-order valence-electron chi connectivity index (χ3n) is 1.94. The van der Waals surface area contributed by atoms with Crippen LogP contribution in [0.4, 0.5) is 0 Å². The number of aliphatic imine (C=N–C) groups is 1. The predicted molar refractivity (Wildman–Crippen MR) is 54.0 cm³/mol. The van der Waals surface area contributed by atoms with Crippen molar-refractivity contribution in [1.82, 2.24) is 0 Å². The quantitative estimate of drug-likeness (QED) is 0.591. The lowest BCUT2D eigenvalue weighted by Crippen LogP contribution is -1.94. The second kappa shape index (κ2) is 4.05. The highest BCUT2D eigenvalue weighted by Gasteiger charge is 2.00. The minimum atomic E-state index is 0.426. The molecule has 1 nitrogen and oxygen atoms in total. The molecule has 64 valence electrons. The van der Waals surface area contributed by atoms with Crippen LogP contribution in [0.5, 0.6) is 0 Å². The lowest BCUT2D eigenvalue weighted by molar-refractivity contribution is 1.03. The normalized spacial score (nSPS) is 13.6. The summed E-state index contributed by atoms with van der Waals surface area (Å²) in [7, 11) is 1.81. The van der Waals surface area contributed by atoms with Crippen LogP contribution in [-0.2, 0) is 0 Å². The SMILES string of the molecule is CN=CC(C)c1cccc(C)c1. The Morgan fingerprint density at radius 1 is 1.42 bits per heavy atom. The molecule has 1 rings (SSSR count). The van der Waals surface area contributed by atoms with Crippen molar-refractivity contribution in [3.05, 3.63) is 35.4 Å². The van der Waals surface area contributed by atoms with E-state index in [1.807, 2.05) is 13.3 Å². The Kier molecular flexibility index (Phi) is 3.03. The third-order valence-corrected chi connectivity index (χ3v) is 1.94. The molecule has 0 aliphatic heterocycles. The highest BCUT2D eigenvalue weighted by atomic mass is 14.6. The highest BCUT2D eigenvalue weighted by molar-refractivity contribution is 5.67. The van der Waals surface area contributed by atoms with Crippen LogP contribution < -0.4 is 0 Å². The zero-order chi connectivity index (χ0) is 8.97. The van der Waals surface area contributed by atoms with Gasteiger partial charge in [0.15, 0.2) is 0 Å². The topological polar surface area (TPSA) is 12.4 Å². The van der Waals surface area contributed by atoms with Gasteiger partial charge in [0.25, 0.3) is 0 Å². The summed E-state index contributed by atoms with van der Waals surface area (Å²) >= 11 is 0. The molecule has 1 aromatic rings. The van der Waals surface area contributed by atoms with Gasteiger partial charge in [-0.05, 0) is 12.5 Å². The van der Waals surface area contributed by atoms with Crippen LogP contribution in [-0.4, -0.2) is 13.3 Å². The van der Waals surface area contributed by atoms with Gasteiger partial charge >= 0.3 is 0 Å². The number of nitrogens with zero attached hydrogens (tertiary/aromatic N) is 1. The fourth-order valence-electron chi connectivity index (χ4n) is 1.26. The molecule has 0 bridgehead atoms. The summed E-state index contributed by atoms with van der Waals surface area (Å²) in [4.78, 5) is 4.02.